The second kappa shape index (κ2) is 8.13. The summed E-state index contributed by atoms with van der Waals surface area (Å²) >= 11 is 12.2. The SMILES string of the molecule is Cc1cc(N2CCCC2)nc(N2CCN(C(=O)c3cc(Cl)ccc3Cl)CC2)n1. The van der Waals surface area contributed by atoms with Crippen molar-refractivity contribution in [2.24, 2.45) is 0 Å². The maximum absolute atomic E-state index is 12.8. The maximum atomic E-state index is 12.8. The molecule has 148 valence electrons. The van der Waals surface area contributed by atoms with Gasteiger partial charge in [-0.05, 0) is 38.0 Å². The molecule has 8 heteroatoms. The Balaban J connectivity index is 1.45. The second-order valence-electron chi connectivity index (χ2n) is 7.27. The molecule has 6 nitrogen and oxygen atoms in total. The Kier molecular flexibility index (Phi) is 5.60. The maximum Gasteiger partial charge on any atom is 0.255 e. The van der Waals surface area contributed by atoms with E-state index in [1.165, 1.54) is 12.8 Å². The van der Waals surface area contributed by atoms with Crippen LogP contribution in [0.5, 0.6) is 0 Å². The molecule has 2 aromatic rings. The number of aryl methyl sites for hydroxylation is 1. The monoisotopic (exact) mass is 419 g/mol. The van der Waals surface area contributed by atoms with Crippen molar-refractivity contribution in [1.82, 2.24) is 14.9 Å². The number of carbonyl (C=O) groups excluding carboxylic acids is 1. The Hall–Kier alpha value is -2.05. The van der Waals surface area contributed by atoms with Crippen LogP contribution in [-0.2, 0) is 0 Å². The number of anilines is 2. The molecule has 0 saturated carbocycles. The highest BCUT2D eigenvalue weighted by Gasteiger charge is 2.26. The molecule has 1 amide bonds. The van der Waals surface area contributed by atoms with Crippen LogP contribution in [0.1, 0.15) is 28.9 Å². The van der Waals surface area contributed by atoms with Gasteiger partial charge >= 0.3 is 0 Å². The van der Waals surface area contributed by atoms with Gasteiger partial charge in [-0.3, -0.25) is 4.79 Å². The molecule has 2 aliphatic heterocycles. The van der Waals surface area contributed by atoms with E-state index < -0.39 is 0 Å². The van der Waals surface area contributed by atoms with Gasteiger partial charge in [0.2, 0.25) is 5.95 Å². The van der Waals surface area contributed by atoms with Gasteiger partial charge < -0.3 is 14.7 Å². The van der Waals surface area contributed by atoms with Crippen molar-refractivity contribution >= 4 is 40.9 Å². The highest BCUT2D eigenvalue weighted by Crippen LogP contribution is 2.24. The van der Waals surface area contributed by atoms with Crippen LogP contribution in [0.4, 0.5) is 11.8 Å². The summed E-state index contributed by atoms with van der Waals surface area (Å²) < 4.78 is 0. The van der Waals surface area contributed by atoms with Gasteiger partial charge in [-0.25, -0.2) is 4.98 Å². The number of benzene rings is 1. The van der Waals surface area contributed by atoms with E-state index in [1.807, 2.05) is 11.8 Å². The molecule has 2 fully saturated rings. The van der Waals surface area contributed by atoms with Crippen LogP contribution in [0.3, 0.4) is 0 Å². The number of hydrogen-bond acceptors (Lipinski definition) is 5. The first-order valence-corrected chi connectivity index (χ1v) is 10.4. The fourth-order valence-electron chi connectivity index (χ4n) is 3.73. The molecule has 0 spiro atoms. The Morgan fingerprint density at radius 2 is 1.64 bits per heavy atom. The molecule has 4 rings (SSSR count). The van der Waals surface area contributed by atoms with Crippen molar-refractivity contribution in [3.63, 3.8) is 0 Å². The first-order chi connectivity index (χ1) is 13.5. The summed E-state index contributed by atoms with van der Waals surface area (Å²) in [5.41, 5.74) is 1.42. The topological polar surface area (TPSA) is 52.6 Å². The predicted octanol–water partition coefficient (Wildman–Crippen LogP) is 3.65. The average molecular weight is 420 g/mol. The summed E-state index contributed by atoms with van der Waals surface area (Å²) in [5, 5.41) is 0.933. The van der Waals surface area contributed by atoms with E-state index in [4.69, 9.17) is 28.2 Å². The molecule has 1 aromatic carbocycles. The first kappa shape index (κ1) is 19.3. The third kappa shape index (κ3) is 4.03. The van der Waals surface area contributed by atoms with Gasteiger partial charge in [0.25, 0.3) is 5.91 Å². The molecular formula is C20H23Cl2N5O. The van der Waals surface area contributed by atoms with E-state index in [1.54, 1.807) is 18.2 Å². The molecule has 0 unspecified atom stereocenters. The largest absolute Gasteiger partial charge is 0.356 e. The number of aromatic nitrogens is 2. The Labute approximate surface area is 175 Å². The van der Waals surface area contributed by atoms with Crippen molar-refractivity contribution in [2.45, 2.75) is 19.8 Å². The van der Waals surface area contributed by atoms with Crippen molar-refractivity contribution < 1.29 is 4.79 Å². The van der Waals surface area contributed by atoms with E-state index in [-0.39, 0.29) is 5.91 Å². The summed E-state index contributed by atoms with van der Waals surface area (Å²) in [6.07, 6.45) is 2.43. The van der Waals surface area contributed by atoms with Crippen molar-refractivity contribution in [1.29, 1.82) is 0 Å². The number of amides is 1. The van der Waals surface area contributed by atoms with Gasteiger partial charge in [-0.2, -0.15) is 4.98 Å². The summed E-state index contributed by atoms with van der Waals surface area (Å²) in [7, 11) is 0. The number of halogens is 2. The van der Waals surface area contributed by atoms with Crippen LogP contribution in [0.15, 0.2) is 24.3 Å². The molecule has 2 saturated heterocycles. The lowest BCUT2D eigenvalue weighted by Crippen LogP contribution is -2.49. The van der Waals surface area contributed by atoms with Gasteiger partial charge in [-0.15, -0.1) is 0 Å². The van der Waals surface area contributed by atoms with Gasteiger partial charge in [0, 0.05) is 56.1 Å². The van der Waals surface area contributed by atoms with E-state index in [9.17, 15) is 4.79 Å². The number of carbonyl (C=O) groups is 1. The van der Waals surface area contributed by atoms with Gasteiger partial charge in [0.1, 0.15) is 5.82 Å². The van der Waals surface area contributed by atoms with Crippen LogP contribution >= 0.6 is 23.2 Å². The lowest BCUT2D eigenvalue weighted by Gasteiger charge is -2.35. The van der Waals surface area contributed by atoms with Crippen molar-refractivity contribution in [2.75, 3.05) is 49.1 Å². The molecular weight excluding hydrogens is 397 g/mol. The Morgan fingerprint density at radius 1 is 0.929 bits per heavy atom. The zero-order valence-corrected chi connectivity index (χ0v) is 17.4. The standard InChI is InChI=1S/C20H23Cl2N5O/c1-14-12-18(25-6-2-3-7-25)24-20(23-14)27-10-8-26(9-11-27)19(28)16-13-15(21)4-5-17(16)22/h4-5,12-13H,2-3,6-11H2,1H3. The lowest BCUT2D eigenvalue weighted by molar-refractivity contribution is 0.0746. The quantitative estimate of drug-likeness (QED) is 0.759. The van der Waals surface area contributed by atoms with Crippen LogP contribution < -0.4 is 9.80 Å². The van der Waals surface area contributed by atoms with Crippen molar-refractivity contribution in [3.05, 3.63) is 45.6 Å². The first-order valence-electron chi connectivity index (χ1n) is 9.61. The number of nitrogens with zero attached hydrogens (tertiary/aromatic N) is 5. The third-order valence-corrected chi connectivity index (χ3v) is 5.83. The Bertz CT molecular complexity index is 877. The average Bonchev–Trinajstić information content (AvgIpc) is 3.24. The molecule has 0 N–H and O–H groups in total. The number of hydrogen-bond donors (Lipinski definition) is 0. The van der Waals surface area contributed by atoms with Gasteiger partial charge in [-0.1, -0.05) is 23.2 Å². The smallest absolute Gasteiger partial charge is 0.255 e. The predicted molar refractivity (Wildman–Crippen MR) is 113 cm³/mol. The minimum Gasteiger partial charge on any atom is -0.356 e. The molecule has 28 heavy (non-hydrogen) atoms. The van der Waals surface area contributed by atoms with Crippen LogP contribution in [0.2, 0.25) is 10.0 Å². The van der Waals surface area contributed by atoms with Crippen LogP contribution in [-0.4, -0.2) is 60.0 Å². The van der Waals surface area contributed by atoms with Crippen LogP contribution in [0, 0.1) is 6.92 Å². The van der Waals surface area contributed by atoms with Gasteiger partial charge in [0.05, 0.1) is 10.6 Å². The van der Waals surface area contributed by atoms with E-state index in [0.29, 0.717) is 41.8 Å². The van der Waals surface area contributed by atoms with Crippen LogP contribution in [0.25, 0.3) is 0 Å². The lowest BCUT2D eigenvalue weighted by atomic mass is 10.2. The number of rotatable bonds is 3. The zero-order valence-electron chi connectivity index (χ0n) is 15.9. The zero-order chi connectivity index (χ0) is 19.7. The molecule has 0 radical (unpaired) electrons. The normalized spacial score (nSPS) is 17.3. The van der Waals surface area contributed by atoms with E-state index in [2.05, 4.69) is 20.9 Å². The van der Waals surface area contributed by atoms with Gasteiger partial charge in [0.15, 0.2) is 0 Å². The molecule has 2 aliphatic rings. The van der Waals surface area contributed by atoms with E-state index in [0.717, 1.165) is 30.5 Å². The van der Waals surface area contributed by atoms with Crippen molar-refractivity contribution in [3.8, 4) is 0 Å². The molecule has 0 atom stereocenters. The summed E-state index contributed by atoms with van der Waals surface area (Å²) in [6, 6.07) is 7.03. The minimum atomic E-state index is -0.0879. The second-order valence-corrected chi connectivity index (χ2v) is 8.11. The molecule has 0 bridgehead atoms. The number of piperazine rings is 1. The highest BCUT2D eigenvalue weighted by atomic mass is 35.5. The summed E-state index contributed by atoms with van der Waals surface area (Å²) in [4.78, 5) is 28.5. The molecule has 1 aromatic heterocycles. The minimum absolute atomic E-state index is 0.0879. The van der Waals surface area contributed by atoms with E-state index >= 15 is 0 Å². The highest BCUT2D eigenvalue weighted by molar-refractivity contribution is 6.35. The third-order valence-electron chi connectivity index (χ3n) is 5.27. The summed E-state index contributed by atoms with van der Waals surface area (Å²) in [6.45, 7) is 6.68. The Morgan fingerprint density at radius 3 is 2.36 bits per heavy atom. The fourth-order valence-corrected chi connectivity index (χ4v) is 4.10. The summed E-state index contributed by atoms with van der Waals surface area (Å²) in [5.74, 6) is 1.66. The fraction of sp³-hybridized carbons (Fsp3) is 0.450. The molecule has 0 aliphatic carbocycles. The molecule has 3 heterocycles.